The summed E-state index contributed by atoms with van der Waals surface area (Å²) in [5.74, 6) is 1.78. The third-order valence-corrected chi connectivity index (χ3v) is 4.49. The second kappa shape index (κ2) is 7.65. The summed E-state index contributed by atoms with van der Waals surface area (Å²) in [5.41, 5.74) is 2.58. The molecule has 0 spiro atoms. The van der Waals surface area contributed by atoms with Crippen molar-refractivity contribution in [2.45, 2.75) is 27.3 Å². The van der Waals surface area contributed by atoms with E-state index in [2.05, 4.69) is 15.3 Å². The lowest BCUT2D eigenvalue weighted by atomic mass is 10.0. The van der Waals surface area contributed by atoms with Gasteiger partial charge in [0.05, 0.1) is 25.5 Å². The Kier molecular flexibility index (Phi) is 5.30. The van der Waals surface area contributed by atoms with E-state index in [4.69, 9.17) is 9.47 Å². The van der Waals surface area contributed by atoms with Crippen molar-refractivity contribution in [1.29, 1.82) is 0 Å². The first-order valence-electron chi connectivity index (χ1n) is 8.92. The van der Waals surface area contributed by atoms with Crippen LogP contribution in [0.2, 0.25) is 0 Å². The monoisotopic (exact) mass is 368 g/mol. The number of anilines is 1. The molecule has 0 saturated carbocycles. The first-order chi connectivity index (χ1) is 13.0. The largest absolute Gasteiger partial charge is 0.497 e. The Hall–Kier alpha value is -3.09. The summed E-state index contributed by atoms with van der Waals surface area (Å²) in [7, 11) is 3.17. The maximum Gasteiger partial charge on any atom is 0.260 e. The number of fused-ring (bicyclic) bond motifs is 1. The van der Waals surface area contributed by atoms with E-state index in [0.29, 0.717) is 47.3 Å². The summed E-state index contributed by atoms with van der Waals surface area (Å²) in [6.07, 6.45) is 0. The van der Waals surface area contributed by atoms with Crippen molar-refractivity contribution < 1.29 is 9.47 Å². The predicted octanol–water partition coefficient (Wildman–Crippen LogP) is 3.24. The fourth-order valence-electron chi connectivity index (χ4n) is 3.13. The zero-order valence-electron chi connectivity index (χ0n) is 16.3. The van der Waals surface area contributed by atoms with Crippen LogP contribution >= 0.6 is 0 Å². The molecule has 0 amide bonds. The summed E-state index contributed by atoms with van der Waals surface area (Å²) in [4.78, 5) is 22.3. The Bertz CT molecular complexity index is 1040. The first-order valence-corrected chi connectivity index (χ1v) is 8.92. The van der Waals surface area contributed by atoms with Crippen molar-refractivity contribution in [3.05, 3.63) is 40.3 Å². The van der Waals surface area contributed by atoms with Crippen LogP contribution in [0.25, 0.3) is 22.2 Å². The molecule has 0 atom stereocenters. The lowest BCUT2D eigenvalue weighted by molar-refractivity contribution is 0.395. The molecule has 7 nitrogen and oxygen atoms in total. The summed E-state index contributed by atoms with van der Waals surface area (Å²) in [5, 5.41) is 3.96. The topological polar surface area (TPSA) is 78.3 Å². The van der Waals surface area contributed by atoms with Gasteiger partial charge in [-0.05, 0) is 39.0 Å². The molecule has 0 saturated heterocycles. The van der Waals surface area contributed by atoms with Gasteiger partial charge in [0.1, 0.15) is 17.1 Å². The van der Waals surface area contributed by atoms with Crippen LogP contribution in [0.4, 0.5) is 5.95 Å². The molecule has 3 aromatic rings. The van der Waals surface area contributed by atoms with Gasteiger partial charge in [-0.2, -0.15) is 4.98 Å². The molecule has 2 heterocycles. The minimum Gasteiger partial charge on any atom is -0.497 e. The molecule has 0 aliphatic carbocycles. The van der Waals surface area contributed by atoms with E-state index in [1.54, 1.807) is 24.9 Å². The van der Waals surface area contributed by atoms with Gasteiger partial charge < -0.3 is 14.8 Å². The maximum atomic E-state index is 13.2. The highest BCUT2D eigenvalue weighted by atomic mass is 16.5. The van der Waals surface area contributed by atoms with Gasteiger partial charge in [0.2, 0.25) is 5.95 Å². The normalized spacial score (nSPS) is 10.9. The van der Waals surface area contributed by atoms with Crippen LogP contribution in [0.3, 0.4) is 0 Å². The summed E-state index contributed by atoms with van der Waals surface area (Å²) in [6.45, 7) is 7.05. The van der Waals surface area contributed by atoms with E-state index < -0.39 is 0 Å². The first kappa shape index (κ1) is 18.7. The minimum absolute atomic E-state index is 0.117. The Morgan fingerprint density at radius 2 is 1.85 bits per heavy atom. The zero-order chi connectivity index (χ0) is 19.6. The summed E-state index contributed by atoms with van der Waals surface area (Å²) < 4.78 is 12.4. The molecule has 142 valence electrons. The standard InChI is InChI=1S/C20H24N4O3/c1-6-21-20-22-12(3)15-11-16(19(25)24(7-2)18(15)23-20)14-9-8-13(26-4)10-17(14)27-5/h8-11H,6-7H2,1-5H3,(H,21,22,23). The smallest absolute Gasteiger partial charge is 0.260 e. The Morgan fingerprint density at radius 3 is 2.48 bits per heavy atom. The van der Waals surface area contributed by atoms with Crippen molar-refractivity contribution >= 4 is 17.0 Å². The second-order valence-electron chi connectivity index (χ2n) is 6.07. The van der Waals surface area contributed by atoms with Crippen molar-refractivity contribution in [2.24, 2.45) is 0 Å². The van der Waals surface area contributed by atoms with Crippen LogP contribution in [-0.2, 0) is 6.54 Å². The third kappa shape index (κ3) is 3.32. The van der Waals surface area contributed by atoms with Crippen LogP contribution in [0.1, 0.15) is 19.5 Å². The van der Waals surface area contributed by atoms with Crippen LogP contribution < -0.4 is 20.3 Å². The van der Waals surface area contributed by atoms with Gasteiger partial charge in [0.15, 0.2) is 0 Å². The summed E-state index contributed by atoms with van der Waals surface area (Å²) in [6, 6.07) is 7.27. The van der Waals surface area contributed by atoms with Gasteiger partial charge in [-0.1, -0.05) is 0 Å². The number of hydrogen-bond donors (Lipinski definition) is 1. The quantitative estimate of drug-likeness (QED) is 0.720. The molecule has 0 bridgehead atoms. The number of hydrogen-bond acceptors (Lipinski definition) is 6. The zero-order valence-corrected chi connectivity index (χ0v) is 16.3. The number of benzene rings is 1. The lowest BCUT2D eigenvalue weighted by Crippen LogP contribution is -2.23. The van der Waals surface area contributed by atoms with E-state index >= 15 is 0 Å². The number of rotatable bonds is 6. The van der Waals surface area contributed by atoms with E-state index in [9.17, 15) is 4.79 Å². The molecule has 2 aromatic heterocycles. The van der Waals surface area contributed by atoms with E-state index in [-0.39, 0.29) is 5.56 Å². The molecular formula is C20H24N4O3. The van der Waals surface area contributed by atoms with Crippen LogP contribution in [-0.4, -0.2) is 35.3 Å². The average Bonchev–Trinajstić information content (AvgIpc) is 2.67. The molecule has 0 aliphatic rings. The molecule has 0 radical (unpaired) electrons. The van der Waals surface area contributed by atoms with Crippen molar-refractivity contribution in [3.63, 3.8) is 0 Å². The van der Waals surface area contributed by atoms with Crippen molar-refractivity contribution in [1.82, 2.24) is 14.5 Å². The predicted molar refractivity (Wildman–Crippen MR) is 107 cm³/mol. The molecule has 1 N–H and O–H groups in total. The highest BCUT2D eigenvalue weighted by molar-refractivity contribution is 5.85. The Labute approximate surface area is 158 Å². The number of pyridine rings is 1. The van der Waals surface area contributed by atoms with Gasteiger partial charge in [0.25, 0.3) is 5.56 Å². The highest BCUT2D eigenvalue weighted by Crippen LogP contribution is 2.33. The third-order valence-electron chi connectivity index (χ3n) is 4.49. The highest BCUT2D eigenvalue weighted by Gasteiger charge is 2.17. The van der Waals surface area contributed by atoms with E-state index in [0.717, 1.165) is 11.1 Å². The molecule has 0 fully saturated rings. The average molecular weight is 368 g/mol. The summed E-state index contributed by atoms with van der Waals surface area (Å²) >= 11 is 0. The van der Waals surface area contributed by atoms with Gasteiger partial charge in [-0.25, -0.2) is 4.98 Å². The van der Waals surface area contributed by atoms with Crippen LogP contribution in [0.15, 0.2) is 29.1 Å². The van der Waals surface area contributed by atoms with Crippen LogP contribution in [0.5, 0.6) is 11.5 Å². The number of aryl methyl sites for hydroxylation is 2. The van der Waals surface area contributed by atoms with Crippen molar-refractivity contribution in [3.8, 4) is 22.6 Å². The van der Waals surface area contributed by atoms with Crippen molar-refractivity contribution in [2.75, 3.05) is 26.1 Å². The molecule has 27 heavy (non-hydrogen) atoms. The lowest BCUT2D eigenvalue weighted by Gasteiger charge is -2.15. The molecule has 0 aliphatic heterocycles. The molecule has 1 aromatic carbocycles. The fourth-order valence-corrected chi connectivity index (χ4v) is 3.13. The maximum absolute atomic E-state index is 13.2. The van der Waals surface area contributed by atoms with E-state index in [1.165, 1.54) is 0 Å². The van der Waals surface area contributed by atoms with E-state index in [1.807, 2.05) is 39.0 Å². The number of nitrogens with one attached hydrogen (secondary N) is 1. The Morgan fingerprint density at radius 1 is 1.07 bits per heavy atom. The molecule has 3 rings (SSSR count). The number of ether oxygens (including phenoxy) is 2. The van der Waals surface area contributed by atoms with Gasteiger partial charge in [-0.15, -0.1) is 0 Å². The van der Waals surface area contributed by atoms with Gasteiger partial charge in [0, 0.05) is 30.1 Å². The fraction of sp³-hybridized carbons (Fsp3) is 0.350. The van der Waals surface area contributed by atoms with Crippen LogP contribution in [0, 0.1) is 6.92 Å². The molecule has 0 unspecified atom stereocenters. The second-order valence-corrected chi connectivity index (χ2v) is 6.07. The number of methoxy groups -OCH3 is 2. The number of aromatic nitrogens is 3. The van der Waals surface area contributed by atoms with Gasteiger partial charge in [-0.3, -0.25) is 9.36 Å². The SMILES string of the molecule is CCNc1nc(C)c2cc(-c3ccc(OC)cc3OC)c(=O)n(CC)c2n1. The molecule has 7 heteroatoms. The van der Waals surface area contributed by atoms with Gasteiger partial charge >= 0.3 is 0 Å². The Balaban J connectivity index is 2.33. The number of nitrogens with zero attached hydrogens (tertiary/aromatic N) is 3. The minimum atomic E-state index is -0.117. The molecular weight excluding hydrogens is 344 g/mol.